The number of para-hydroxylation sites is 1. The maximum atomic E-state index is 4.82. The molecule has 0 aliphatic carbocycles. The van der Waals surface area contributed by atoms with E-state index < -0.39 is 0 Å². The van der Waals surface area contributed by atoms with Crippen LogP contribution in [0.3, 0.4) is 0 Å². The number of benzene rings is 1. The summed E-state index contributed by atoms with van der Waals surface area (Å²) in [6.45, 7) is 1.97. The molecule has 0 unspecified atom stereocenters. The second kappa shape index (κ2) is 5.44. The van der Waals surface area contributed by atoms with E-state index in [1.54, 1.807) is 24.0 Å². The van der Waals surface area contributed by atoms with Crippen molar-refractivity contribution >= 4 is 26.7 Å². The van der Waals surface area contributed by atoms with Crippen LogP contribution in [-0.2, 0) is 6.54 Å². The summed E-state index contributed by atoms with van der Waals surface area (Å²) in [6, 6.07) is 8.82. The molecule has 0 saturated carbocycles. The highest BCUT2D eigenvalue weighted by Gasteiger charge is 2.25. The van der Waals surface area contributed by atoms with Crippen molar-refractivity contribution in [3.8, 4) is 0 Å². The third-order valence-electron chi connectivity index (χ3n) is 4.02. The van der Waals surface area contributed by atoms with Crippen molar-refractivity contribution in [3.05, 3.63) is 36.9 Å². The molecule has 1 atom stereocenters. The van der Waals surface area contributed by atoms with E-state index in [1.807, 2.05) is 4.68 Å². The van der Waals surface area contributed by atoms with E-state index in [2.05, 4.69) is 39.2 Å². The average molecular weight is 299 g/mol. The Kier molecular flexibility index (Phi) is 3.31. The lowest BCUT2D eigenvalue weighted by Gasteiger charge is -2.35. The van der Waals surface area contributed by atoms with Crippen LogP contribution in [-0.4, -0.2) is 32.3 Å². The first-order chi connectivity index (χ1) is 10.4. The molecule has 0 amide bonds. The van der Waals surface area contributed by atoms with Crippen LogP contribution in [0, 0.1) is 0 Å². The minimum Gasteiger partial charge on any atom is -0.343 e. The molecule has 1 aliphatic heterocycles. The minimum atomic E-state index is 0.459. The molecular formula is C15H17N5S. The Hall–Kier alpha value is -1.95. The Balaban J connectivity index is 1.63. The lowest BCUT2D eigenvalue weighted by atomic mass is 10.0. The third-order valence-corrected chi connectivity index (χ3v) is 5.09. The fourth-order valence-corrected chi connectivity index (χ4v) is 4.03. The lowest BCUT2D eigenvalue weighted by molar-refractivity contribution is 0.398. The summed E-state index contributed by atoms with van der Waals surface area (Å²) in [7, 11) is 0. The van der Waals surface area contributed by atoms with Gasteiger partial charge in [0.05, 0.1) is 22.8 Å². The van der Waals surface area contributed by atoms with Gasteiger partial charge in [-0.15, -0.1) is 0 Å². The largest absolute Gasteiger partial charge is 0.343 e. The van der Waals surface area contributed by atoms with E-state index in [0.717, 1.165) is 23.7 Å². The predicted molar refractivity (Wildman–Crippen MR) is 84.6 cm³/mol. The molecule has 1 aromatic carbocycles. The fourth-order valence-electron chi connectivity index (χ4n) is 2.97. The highest BCUT2D eigenvalue weighted by atomic mass is 32.1. The van der Waals surface area contributed by atoms with Crippen molar-refractivity contribution in [2.75, 3.05) is 11.4 Å². The van der Waals surface area contributed by atoms with E-state index in [0.29, 0.717) is 6.04 Å². The van der Waals surface area contributed by atoms with Gasteiger partial charge in [-0.3, -0.25) is 4.68 Å². The maximum absolute atomic E-state index is 4.82. The molecule has 3 aromatic rings. The molecule has 4 rings (SSSR count). The molecule has 0 spiro atoms. The monoisotopic (exact) mass is 299 g/mol. The standard InChI is InChI=1S/C15H17N5S/c1-2-7-14-13(6-1)18-15(21-14)20-8-4-3-5-12(20)9-19-11-16-10-17-19/h1-2,6-7,10-12H,3-5,8-9H2/t12-/m1/s1. The zero-order valence-corrected chi connectivity index (χ0v) is 12.5. The van der Waals surface area contributed by atoms with Gasteiger partial charge in [0, 0.05) is 6.54 Å². The highest BCUT2D eigenvalue weighted by Crippen LogP contribution is 2.32. The Labute approximate surface area is 127 Å². The Morgan fingerprint density at radius 2 is 2.19 bits per heavy atom. The summed E-state index contributed by atoms with van der Waals surface area (Å²) in [6.07, 6.45) is 7.11. The van der Waals surface area contributed by atoms with Gasteiger partial charge < -0.3 is 4.90 Å². The summed E-state index contributed by atoms with van der Waals surface area (Å²) >= 11 is 1.79. The van der Waals surface area contributed by atoms with Gasteiger partial charge in [-0.2, -0.15) is 5.10 Å². The summed E-state index contributed by atoms with van der Waals surface area (Å²) in [5.41, 5.74) is 1.10. The molecule has 0 radical (unpaired) electrons. The van der Waals surface area contributed by atoms with Crippen LogP contribution < -0.4 is 4.90 Å². The van der Waals surface area contributed by atoms with Gasteiger partial charge in [0.25, 0.3) is 0 Å². The summed E-state index contributed by atoms with van der Waals surface area (Å²) in [5.74, 6) is 0. The smallest absolute Gasteiger partial charge is 0.186 e. The topological polar surface area (TPSA) is 46.8 Å². The van der Waals surface area contributed by atoms with Crippen molar-refractivity contribution in [1.29, 1.82) is 0 Å². The molecule has 5 nitrogen and oxygen atoms in total. The molecule has 1 fully saturated rings. The second-order valence-corrected chi connectivity index (χ2v) is 6.43. The molecule has 0 N–H and O–H groups in total. The van der Waals surface area contributed by atoms with E-state index in [-0.39, 0.29) is 0 Å². The van der Waals surface area contributed by atoms with Gasteiger partial charge in [-0.25, -0.2) is 9.97 Å². The molecule has 108 valence electrons. The van der Waals surface area contributed by atoms with Crippen LogP contribution in [0.2, 0.25) is 0 Å². The first-order valence-corrected chi connectivity index (χ1v) is 8.16. The Morgan fingerprint density at radius 1 is 1.24 bits per heavy atom. The minimum absolute atomic E-state index is 0.459. The normalized spacial score (nSPS) is 19.2. The Bertz CT molecular complexity index is 688. The summed E-state index contributed by atoms with van der Waals surface area (Å²) in [5, 5.41) is 5.38. The fraction of sp³-hybridized carbons (Fsp3) is 0.400. The van der Waals surface area contributed by atoms with Crippen molar-refractivity contribution in [2.45, 2.75) is 31.8 Å². The predicted octanol–water partition coefficient (Wildman–Crippen LogP) is 2.95. The molecule has 1 saturated heterocycles. The molecule has 2 aromatic heterocycles. The number of aromatic nitrogens is 4. The van der Waals surface area contributed by atoms with Crippen molar-refractivity contribution in [2.24, 2.45) is 0 Å². The van der Waals surface area contributed by atoms with Gasteiger partial charge >= 0.3 is 0 Å². The maximum Gasteiger partial charge on any atom is 0.186 e. The second-order valence-electron chi connectivity index (χ2n) is 5.42. The first kappa shape index (κ1) is 12.8. The number of fused-ring (bicyclic) bond motifs is 1. The quantitative estimate of drug-likeness (QED) is 0.746. The van der Waals surface area contributed by atoms with Gasteiger partial charge in [0.2, 0.25) is 0 Å². The zero-order chi connectivity index (χ0) is 14.1. The van der Waals surface area contributed by atoms with E-state index >= 15 is 0 Å². The van der Waals surface area contributed by atoms with Crippen molar-refractivity contribution < 1.29 is 0 Å². The molecule has 6 heteroatoms. The zero-order valence-electron chi connectivity index (χ0n) is 11.7. The first-order valence-electron chi connectivity index (χ1n) is 7.35. The van der Waals surface area contributed by atoms with E-state index in [1.165, 1.54) is 24.0 Å². The van der Waals surface area contributed by atoms with Gasteiger partial charge in [-0.05, 0) is 31.4 Å². The lowest BCUT2D eigenvalue weighted by Crippen LogP contribution is -2.42. The van der Waals surface area contributed by atoms with E-state index in [9.17, 15) is 0 Å². The molecular weight excluding hydrogens is 282 g/mol. The van der Waals surface area contributed by atoms with Crippen LogP contribution in [0.25, 0.3) is 10.2 Å². The number of piperidine rings is 1. The third kappa shape index (κ3) is 2.51. The number of nitrogens with zero attached hydrogens (tertiary/aromatic N) is 5. The highest BCUT2D eigenvalue weighted by molar-refractivity contribution is 7.22. The van der Waals surface area contributed by atoms with E-state index in [4.69, 9.17) is 4.98 Å². The van der Waals surface area contributed by atoms with Crippen LogP contribution in [0.15, 0.2) is 36.9 Å². The van der Waals surface area contributed by atoms with Crippen LogP contribution in [0.5, 0.6) is 0 Å². The van der Waals surface area contributed by atoms with Gasteiger partial charge in [0.15, 0.2) is 5.13 Å². The summed E-state index contributed by atoms with van der Waals surface area (Å²) < 4.78 is 3.19. The van der Waals surface area contributed by atoms with Crippen LogP contribution in [0.1, 0.15) is 19.3 Å². The summed E-state index contributed by atoms with van der Waals surface area (Å²) in [4.78, 5) is 11.3. The number of hydrogen-bond acceptors (Lipinski definition) is 5. The van der Waals surface area contributed by atoms with Crippen molar-refractivity contribution in [1.82, 2.24) is 19.7 Å². The van der Waals surface area contributed by atoms with Crippen LogP contribution >= 0.6 is 11.3 Å². The van der Waals surface area contributed by atoms with Crippen LogP contribution in [0.4, 0.5) is 5.13 Å². The SMILES string of the molecule is c1ccc2sc(N3CCCC[C@@H]3Cn3cncn3)nc2c1. The number of anilines is 1. The molecule has 0 bridgehead atoms. The molecule has 3 heterocycles. The molecule has 1 aliphatic rings. The number of rotatable bonds is 3. The number of hydrogen-bond donors (Lipinski definition) is 0. The molecule has 21 heavy (non-hydrogen) atoms. The van der Waals surface area contributed by atoms with Crippen molar-refractivity contribution in [3.63, 3.8) is 0 Å². The average Bonchev–Trinajstić information content (AvgIpc) is 3.16. The van der Waals surface area contributed by atoms with Gasteiger partial charge in [0.1, 0.15) is 12.7 Å². The Morgan fingerprint density at radius 3 is 3.05 bits per heavy atom. The van der Waals surface area contributed by atoms with Gasteiger partial charge in [-0.1, -0.05) is 23.5 Å². The number of thiazole rings is 1.